The monoisotopic (exact) mass is 273 g/mol. The molecule has 1 fully saturated rings. The fourth-order valence-electron chi connectivity index (χ4n) is 1.39. The third-order valence-electron chi connectivity index (χ3n) is 2.30. The number of nitrogens with zero attached hydrogens (tertiary/aromatic N) is 1. The van der Waals surface area contributed by atoms with E-state index in [0.29, 0.717) is 4.67 Å². The molecule has 1 amide bonds. The second kappa shape index (κ2) is 3.69. The largest absolute Gasteiger partial charge is 0.481 e. The highest BCUT2D eigenvalue weighted by Crippen LogP contribution is 2.21. The lowest BCUT2D eigenvalue weighted by Gasteiger charge is -2.35. The molecule has 0 radical (unpaired) electrons. The summed E-state index contributed by atoms with van der Waals surface area (Å²) in [6.45, 7) is 0.513. The minimum Gasteiger partial charge on any atom is -0.481 e. The van der Waals surface area contributed by atoms with Gasteiger partial charge in [-0.25, -0.2) is 0 Å². The summed E-state index contributed by atoms with van der Waals surface area (Å²) in [6.07, 6.45) is 0. The van der Waals surface area contributed by atoms with Gasteiger partial charge in [-0.2, -0.15) is 0 Å². The van der Waals surface area contributed by atoms with Gasteiger partial charge >= 0.3 is 5.97 Å². The van der Waals surface area contributed by atoms with Crippen LogP contribution in [0, 0.1) is 5.92 Å². The molecule has 1 saturated heterocycles. The van der Waals surface area contributed by atoms with Gasteiger partial charge in [-0.3, -0.25) is 9.59 Å². The molecule has 6 heteroatoms. The molecule has 0 unspecified atom stereocenters. The van der Waals surface area contributed by atoms with Gasteiger partial charge in [-0.1, -0.05) is 0 Å². The highest BCUT2D eigenvalue weighted by molar-refractivity contribution is 9.10. The first-order valence-corrected chi connectivity index (χ1v) is 5.14. The average molecular weight is 274 g/mol. The molecule has 0 spiro atoms. The van der Waals surface area contributed by atoms with E-state index < -0.39 is 11.9 Å². The van der Waals surface area contributed by atoms with Crippen LogP contribution in [0.4, 0.5) is 0 Å². The summed E-state index contributed by atoms with van der Waals surface area (Å²) in [6, 6.07) is 3.18. The Morgan fingerprint density at radius 2 is 2.13 bits per heavy atom. The molecule has 5 nitrogen and oxygen atoms in total. The summed E-state index contributed by atoms with van der Waals surface area (Å²) in [4.78, 5) is 23.6. The Balaban J connectivity index is 1.97. The maximum Gasteiger partial charge on any atom is 0.310 e. The molecule has 2 heterocycles. The molecular formula is C9H8BrNO4. The van der Waals surface area contributed by atoms with Crippen LogP contribution in [-0.4, -0.2) is 35.0 Å². The standard InChI is InChI=1S/C9H8BrNO4/c10-7-2-1-6(15-7)8(12)11-3-5(4-11)9(13)14/h1-2,5H,3-4H2,(H,13,14). The quantitative estimate of drug-likeness (QED) is 0.879. The van der Waals surface area contributed by atoms with Crippen LogP contribution >= 0.6 is 15.9 Å². The zero-order chi connectivity index (χ0) is 11.0. The molecule has 1 N–H and O–H groups in total. The first kappa shape index (κ1) is 10.2. The van der Waals surface area contributed by atoms with E-state index in [4.69, 9.17) is 9.52 Å². The first-order chi connectivity index (χ1) is 7.08. The van der Waals surface area contributed by atoms with Crippen LogP contribution in [0.2, 0.25) is 0 Å². The molecule has 1 aromatic rings. The lowest BCUT2D eigenvalue weighted by molar-refractivity contribution is -0.146. The van der Waals surface area contributed by atoms with Crippen molar-refractivity contribution in [1.82, 2.24) is 4.90 Å². The summed E-state index contributed by atoms with van der Waals surface area (Å²) in [5, 5.41) is 8.64. The van der Waals surface area contributed by atoms with Crippen molar-refractivity contribution in [2.45, 2.75) is 0 Å². The van der Waals surface area contributed by atoms with Crippen LogP contribution in [0.3, 0.4) is 0 Å². The van der Waals surface area contributed by atoms with Crippen molar-refractivity contribution in [1.29, 1.82) is 0 Å². The number of furan rings is 1. The third-order valence-corrected chi connectivity index (χ3v) is 2.73. The van der Waals surface area contributed by atoms with E-state index in [-0.39, 0.29) is 24.8 Å². The Bertz CT molecular complexity index is 408. The summed E-state index contributed by atoms with van der Waals surface area (Å²) in [5.74, 6) is -1.34. The van der Waals surface area contributed by atoms with Gasteiger partial charge in [0, 0.05) is 13.1 Å². The fraction of sp³-hybridized carbons (Fsp3) is 0.333. The molecule has 1 aliphatic rings. The van der Waals surface area contributed by atoms with Gasteiger partial charge in [0.05, 0.1) is 5.92 Å². The van der Waals surface area contributed by atoms with Crippen LogP contribution in [0.1, 0.15) is 10.6 Å². The number of carboxylic acids is 1. The third kappa shape index (κ3) is 1.90. The topological polar surface area (TPSA) is 70.8 Å². The van der Waals surface area contributed by atoms with Crippen LogP contribution in [-0.2, 0) is 4.79 Å². The summed E-state index contributed by atoms with van der Waals surface area (Å²) in [7, 11) is 0. The maximum atomic E-state index is 11.6. The fourth-order valence-corrected chi connectivity index (χ4v) is 1.69. The molecule has 0 aliphatic carbocycles. The van der Waals surface area contributed by atoms with Gasteiger partial charge in [0.15, 0.2) is 10.4 Å². The van der Waals surface area contributed by atoms with Gasteiger partial charge in [-0.05, 0) is 28.1 Å². The number of hydrogen-bond acceptors (Lipinski definition) is 3. The van der Waals surface area contributed by atoms with Crippen LogP contribution in [0.5, 0.6) is 0 Å². The summed E-state index contributed by atoms with van der Waals surface area (Å²) < 4.78 is 5.56. The number of carbonyl (C=O) groups excluding carboxylic acids is 1. The van der Waals surface area contributed by atoms with Crippen LogP contribution in [0.25, 0.3) is 0 Å². The molecule has 1 aromatic heterocycles. The van der Waals surface area contributed by atoms with E-state index in [0.717, 1.165) is 0 Å². The van der Waals surface area contributed by atoms with Crippen LogP contribution < -0.4 is 0 Å². The first-order valence-electron chi connectivity index (χ1n) is 4.35. The van der Waals surface area contributed by atoms with E-state index in [1.54, 1.807) is 12.1 Å². The number of rotatable bonds is 2. The number of hydrogen-bond donors (Lipinski definition) is 1. The molecule has 0 aromatic carbocycles. The van der Waals surface area contributed by atoms with Crippen molar-refractivity contribution in [2.24, 2.45) is 5.92 Å². The Hall–Kier alpha value is -1.30. The van der Waals surface area contributed by atoms with Crippen LogP contribution in [0.15, 0.2) is 21.2 Å². The zero-order valence-corrected chi connectivity index (χ0v) is 9.23. The lowest BCUT2D eigenvalue weighted by Crippen LogP contribution is -2.52. The maximum absolute atomic E-state index is 11.6. The second-order valence-electron chi connectivity index (χ2n) is 3.35. The SMILES string of the molecule is O=C(O)C1CN(C(=O)c2ccc(Br)o2)C1. The smallest absolute Gasteiger partial charge is 0.310 e. The summed E-state index contributed by atoms with van der Waals surface area (Å²) in [5.41, 5.74) is 0. The van der Waals surface area contributed by atoms with E-state index in [1.165, 1.54) is 4.90 Å². The van der Waals surface area contributed by atoms with Crippen molar-refractivity contribution in [2.75, 3.05) is 13.1 Å². The lowest BCUT2D eigenvalue weighted by atomic mass is 10.0. The predicted molar refractivity (Wildman–Crippen MR) is 53.4 cm³/mol. The van der Waals surface area contributed by atoms with E-state index in [2.05, 4.69) is 15.9 Å². The second-order valence-corrected chi connectivity index (χ2v) is 4.13. The van der Waals surface area contributed by atoms with Gasteiger partial charge in [-0.15, -0.1) is 0 Å². The number of halogens is 1. The van der Waals surface area contributed by atoms with Crippen molar-refractivity contribution >= 4 is 27.8 Å². The summed E-state index contributed by atoms with van der Waals surface area (Å²) >= 11 is 3.09. The van der Waals surface area contributed by atoms with Gasteiger partial charge in [0.2, 0.25) is 0 Å². The van der Waals surface area contributed by atoms with E-state index in [1.807, 2.05) is 0 Å². The number of aliphatic carboxylic acids is 1. The molecule has 2 rings (SSSR count). The molecule has 80 valence electrons. The highest BCUT2D eigenvalue weighted by Gasteiger charge is 2.36. The average Bonchev–Trinajstić information content (AvgIpc) is 2.48. The van der Waals surface area contributed by atoms with Crippen molar-refractivity contribution < 1.29 is 19.1 Å². The minimum absolute atomic E-state index is 0.228. The number of carboxylic acid groups (broad SMARTS) is 1. The Morgan fingerprint density at radius 3 is 2.60 bits per heavy atom. The van der Waals surface area contributed by atoms with Crippen molar-refractivity contribution in [3.8, 4) is 0 Å². The Labute approximate surface area is 93.8 Å². The normalized spacial score (nSPS) is 16.2. The molecule has 1 aliphatic heterocycles. The number of carbonyl (C=O) groups is 2. The molecular weight excluding hydrogens is 266 g/mol. The van der Waals surface area contributed by atoms with Gasteiger partial charge in [0.1, 0.15) is 0 Å². The van der Waals surface area contributed by atoms with E-state index >= 15 is 0 Å². The Kier molecular flexibility index (Phi) is 2.52. The van der Waals surface area contributed by atoms with Gasteiger partial charge in [0.25, 0.3) is 5.91 Å². The molecule has 0 atom stereocenters. The molecule has 15 heavy (non-hydrogen) atoms. The number of likely N-dealkylation sites (tertiary alicyclic amines) is 1. The van der Waals surface area contributed by atoms with Gasteiger partial charge < -0.3 is 14.4 Å². The zero-order valence-electron chi connectivity index (χ0n) is 7.64. The Morgan fingerprint density at radius 1 is 1.47 bits per heavy atom. The highest BCUT2D eigenvalue weighted by atomic mass is 79.9. The number of amides is 1. The van der Waals surface area contributed by atoms with Crippen molar-refractivity contribution in [3.63, 3.8) is 0 Å². The van der Waals surface area contributed by atoms with Crippen molar-refractivity contribution in [3.05, 3.63) is 22.6 Å². The predicted octanol–water partition coefficient (Wildman–Crippen LogP) is 1.20. The van der Waals surface area contributed by atoms with E-state index in [9.17, 15) is 9.59 Å². The molecule has 0 saturated carbocycles. The molecule has 0 bridgehead atoms. The minimum atomic E-state index is -0.861.